The Balaban J connectivity index is 2.06. The second kappa shape index (κ2) is 8.58. The lowest BCUT2D eigenvalue weighted by molar-refractivity contribution is -0.130. The minimum absolute atomic E-state index is 0.00901. The van der Waals surface area contributed by atoms with E-state index in [0.29, 0.717) is 11.8 Å². The normalized spacial score (nSPS) is 24.1. The number of rotatable bonds is 5. The molecule has 1 fully saturated rings. The summed E-state index contributed by atoms with van der Waals surface area (Å²) in [5.41, 5.74) is -0.164. The van der Waals surface area contributed by atoms with Crippen molar-refractivity contribution in [1.82, 2.24) is 5.32 Å². The molecule has 27 heavy (non-hydrogen) atoms. The number of hydrogen-bond donors (Lipinski definition) is 2. The zero-order chi connectivity index (χ0) is 20.4. The van der Waals surface area contributed by atoms with Crippen LogP contribution in [0, 0.1) is 11.8 Å². The molecule has 2 rings (SSSR count). The van der Waals surface area contributed by atoms with Crippen molar-refractivity contribution < 1.29 is 22.7 Å². The number of carbonyl (C=O) groups is 2. The topological polar surface area (TPSA) is 116 Å². The van der Waals surface area contributed by atoms with E-state index in [9.17, 15) is 18.0 Å². The van der Waals surface area contributed by atoms with Gasteiger partial charge in [0.25, 0.3) is 5.91 Å². The fourth-order valence-electron chi connectivity index (χ4n) is 3.20. The van der Waals surface area contributed by atoms with Crippen molar-refractivity contribution in [3.63, 3.8) is 0 Å². The molecule has 1 aliphatic rings. The number of hydrogen-bond acceptors (Lipinski definition) is 5. The molecule has 0 spiro atoms. The molecule has 3 N–H and O–H groups in total. The van der Waals surface area contributed by atoms with Crippen LogP contribution in [0.2, 0.25) is 5.02 Å². The Hall–Kier alpha value is -1.64. The van der Waals surface area contributed by atoms with E-state index in [1.54, 1.807) is 0 Å². The molecule has 150 valence electrons. The zero-order valence-electron chi connectivity index (χ0n) is 15.6. The van der Waals surface area contributed by atoms with Crippen LogP contribution in [0.5, 0.6) is 0 Å². The molecule has 1 saturated carbocycles. The van der Waals surface area contributed by atoms with Crippen molar-refractivity contribution in [2.45, 2.75) is 57.1 Å². The average Bonchev–Trinajstić information content (AvgIpc) is 2.58. The fourth-order valence-corrected chi connectivity index (χ4v) is 3.94. The lowest BCUT2D eigenvalue weighted by Gasteiger charge is -2.35. The molecular weight excluding hydrogens is 392 g/mol. The van der Waals surface area contributed by atoms with Crippen molar-refractivity contribution in [1.29, 1.82) is 0 Å². The van der Waals surface area contributed by atoms with Crippen LogP contribution >= 0.6 is 11.6 Å². The predicted octanol–water partition coefficient (Wildman–Crippen LogP) is 2.47. The van der Waals surface area contributed by atoms with E-state index >= 15 is 0 Å². The molecule has 0 radical (unpaired) electrons. The molecule has 0 saturated heterocycles. The first-order valence-electron chi connectivity index (χ1n) is 8.84. The summed E-state index contributed by atoms with van der Waals surface area (Å²) in [5, 5.41) is 8.02. The molecule has 0 bridgehead atoms. The Morgan fingerprint density at radius 1 is 1.30 bits per heavy atom. The third-order valence-corrected chi connectivity index (χ3v) is 6.41. The monoisotopic (exact) mass is 416 g/mol. The Morgan fingerprint density at radius 2 is 1.96 bits per heavy atom. The van der Waals surface area contributed by atoms with Gasteiger partial charge in [0.15, 0.2) is 6.10 Å². The number of benzene rings is 1. The first-order valence-corrected chi connectivity index (χ1v) is 10.8. The van der Waals surface area contributed by atoms with Gasteiger partial charge in [-0.1, -0.05) is 38.3 Å². The zero-order valence-corrected chi connectivity index (χ0v) is 17.1. The summed E-state index contributed by atoms with van der Waals surface area (Å²) in [5.74, 6) is -0.431. The third kappa shape index (κ3) is 5.43. The summed E-state index contributed by atoms with van der Waals surface area (Å²) >= 11 is 5.96. The summed E-state index contributed by atoms with van der Waals surface area (Å²) < 4.78 is 28.1. The summed E-state index contributed by atoms with van der Waals surface area (Å²) in [7, 11) is -4.00. The standard InChI is InChI=1S/C18H25ClN2O5S/c1-10-5-4-6-16(11(10)2)21-17(22)12(3)26-18(23)14-9-13(27(20,24)25)7-8-15(14)19/h7-12,16H,4-6H2,1-3H3,(H,21,22)(H2,20,24,25)/t10-,11-,12+,16-/m1/s1. The number of esters is 1. The van der Waals surface area contributed by atoms with Gasteiger partial charge in [0.2, 0.25) is 10.0 Å². The minimum atomic E-state index is -4.00. The molecule has 0 heterocycles. The molecular formula is C18H25ClN2O5S. The van der Waals surface area contributed by atoms with Gasteiger partial charge in [-0.25, -0.2) is 18.4 Å². The number of primary sulfonamides is 1. The lowest BCUT2D eigenvalue weighted by Crippen LogP contribution is -2.47. The van der Waals surface area contributed by atoms with Crippen molar-refractivity contribution in [2.75, 3.05) is 0 Å². The number of nitrogens with two attached hydrogens (primary N) is 1. The fraction of sp³-hybridized carbons (Fsp3) is 0.556. The number of nitrogens with one attached hydrogen (secondary N) is 1. The van der Waals surface area contributed by atoms with Crippen LogP contribution in [0.4, 0.5) is 0 Å². The highest BCUT2D eigenvalue weighted by molar-refractivity contribution is 7.89. The van der Waals surface area contributed by atoms with Crippen molar-refractivity contribution in [3.8, 4) is 0 Å². The summed E-state index contributed by atoms with van der Waals surface area (Å²) in [4.78, 5) is 24.5. The number of amides is 1. The van der Waals surface area contributed by atoms with Gasteiger partial charge in [-0.05, 0) is 43.4 Å². The van der Waals surface area contributed by atoms with Gasteiger partial charge in [-0.15, -0.1) is 0 Å². The molecule has 0 aliphatic heterocycles. The summed E-state index contributed by atoms with van der Waals surface area (Å²) in [6.07, 6.45) is 2.02. The predicted molar refractivity (Wildman–Crippen MR) is 102 cm³/mol. The van der Waals surface area contributed by atoms with E-state index < -0.39 is 28.0 Å². The molecule has 9 heteroatoms. The largest absolute Gasteiger partial charge is 0.449 e. The maximum absolute atomic E-state index is 12.4. The van der Waals surface area contributed by atoms with Crippen molar-refractivity contribution in [2.24, 2.45) is 17.0 Å². The van der Waals surface area contributed by atoms with Crippen LogP contribution in [0.1, 0.15) is 50.4 Å². The number of sulfonamides is 1. The van der Waals surface area contributed by atoms with Crippen LogP contribution in [0.15, 0.2) is 23.1 Å². The lowest BCUT2D eigenvalue weighted by atomic mass is 9.78. The molecule has 0 unspecified atom stereocenters. The smallest absolute Gasteiger partial charge is 0.340 e. The van der Waals surface area contributed by atoms with Crippen LogP contribution < -0.4 is 10.5 Å². The number of halogens is 1. The van der Waals surface area contributed by atoms with Gasteiger partial charge < -0.3 is 10.1 Å². The highest BCUT2D eigenvalue weighted by Gasteiger charge is 2.30. The second-order valence-corrected chi connectivity index (χ2v) is 9.09. The Labute approximate surface area is 164 Å². The van der Waals surface area contributed by atoms with Crippen molar-refractivity contribution in [3.05, 3.63) is 28.8 Å². The highest BCUT2D eigenvalue weighted by Crippen LogP contribution is 2.29. The molecule has 1 amide bonds. The second-order valence-electron chi connectivity index (χ2n) is 7.12. The van der Waals surface area contributed by atoms with Crippen molar-refractivity contribution >= 4 is 33.5 Å². The first kappa shape index (κ1) is 21.7. The van der Waals surface area contributed by atoms with Gasteiger partial charge in [0.05, 0.1) is 15.5 Å². The Bertz CT molecular complexity index is 827. The quantitative estimate of drug-likeness (QED) is 0.715. The molecule has 4 atom stereocenters. The highest BCUT2D eigenvalue weighted by atomic mass is 35.5. The molecule has 1 aromatic carbocycles. The molecule has 1 aliphatic carbocycles. The van der Waals surface area contributed by atoms with Crippen LogP contribution in [0.25, 0.3) is 0 Å². The first-order chi connectivity index (χ1) is 12.5. The molecule has 1 aromatic rings. The third-order valence-electron chi connectivity index (χ3n) is 5.17. The van der Waals surface area contributed by atoms with Gasteiger partial charge >= 0.3 is 5.97 Å². The van der Waals surface area contributed by atoms with Crippen LogP contribution in [-0.2, 0) is 19.6 Å². The van der Waals surface area contributed by atoms with Gasteiger partial charge in [0.1, 0.15) is 0 Å². The van der Waals surface area contributed by atoms with Crippen LogP contribution in [-0.4, -0.2) is 32.4 Å². The summed E-state index contributed by atoms with van der Waals surface area (Å²) in [6, 6.07) is 3.51. The van der Waals surface area contributed by atoms with E-state index in [1.165, 1.54) is 19.1 Å². The van der Waals surface area contributed by atoms with E-state index in [4.69, 9.17) is 21.5 Å². The molecule has 7 nitrogen and oxygen atoms in total. The van der Waals surface area contributed by atoms with E-state index in [1.807, 2.05) is 0 Å². The maximum Gasteiger partial charge on any atom is 0.340 e. The van der Waals surface area contributed by atoms with E-state index in [-0.39, 0.29) is 21.5 Å². The van der Waals surface area contributed by atoms with Gasteiger partial charge in [0, 0.05) is 6.04 Å². The Kier molecular flexibility index (Phi) is 6.88. The van der Waals surface area contributed by atoms with Gasteiger partial charge in [-0.2, -0.15) is 0 Å². The average molecular weight is 417 g/mol. The van der Waals surface area contributed by atoms with Crippen LogP contribution in [0.3, 0.4) is 0 Å². The number of ether oxygens (including phenoxy) is 1. The van der Waals surface area contributed by atoms with E-state index in [0.717, 1.165) is 25.3 Å². The summed E-state index contributed by atoms with van der Waals surface area (Å²) in [6.45, 7) is 5.72. The van der Waals surface area contributed by atoms with E-state index in [2.05, 4.69) is 19.2 Å². The Morgan fingerprint density at radius 3 is 2.59 bits per heavy atom. The SMILES string of the molecule is C[C@@H]1[C@H](C)CCC[C@H]1NC(=O)[C@H](C)OC(=O)c1cc(S(N)(=O)=O)ccc1Cl. The number of carbonyl (C=O) groups excluding carboxylic acids is 2. The minimum Gasteiger partial charge on any atom is -0.449 e. The van der Waals surface area contributed by atoms with Gasteiger partial charge in [-0.3, -0.25) is 4.79 Å². The molecule has 0 aromatic heterocycles. The maximum atomic E-state index is 12.4.